The zero-order valence-electron chi connectivity index (χ0n) is 15.9. The normalized spacial score (nSPS) is 16.2. The molecule has 4 rings (SSSR count). The fourth-order valence-corrected chi connectivity index (χ4v) is 3.55. The van der Waals surface area contributed by atoms with E-state index in [1.54, 1.807) is 14.0 Å². The molecule has 7 nitrogen and oxygen atoms in total. The summed E-state index contributed by atoms with van der Waals surface area (Å²) in [5.74, 6) is 1.81. The number of amides is 2. The number of aromatic nitrogens is 2. The second-order valence-corrected chi connectivity index (χ2v) is 6.78. The number of ether oxygens (including phenoxy) is 1. The first-order chi connectivity index (χ1) is 13.6. The van der Waals surface area contributed by atoms with E-state index in [0.717, 1.165) is 36.3 Å². The first-order valence-corrected chi connectivity index (χ1v) is 9.26. The predicted molar refractivity (Wildman–Crippen MR) is 105 cm³/mol. The number of benzene rings is 2. The molecule has 0 unspecified atom stereocenters. The van der Waals surface area contributed by atoms with E-state index in [4.69, 9.17) is 9.26 Å². The van der Waals surface area contributed by atoms with Gasteiger partial charge in [0.25, 0.3) is 0 Å². The van der Waals surface area contributed by atoms with Crippen LogP contribution in [-0.2, 0) is 0 Å². The van der Waals surface area contributed by atoms with Crippen LogP contribution in [0, 0.1) is 6.92 Å². The molecule has 3 aromatic rings. The Hall–Kier alpha value is -3.35. The Labute approximate surface area is 163 Å². The Morgan fingerprint density at radius 3 is 2.89 bits per heavy atom. The van der Waals surface area contributed by atoms with Gasteiger partial charge >= 0.3 is 6.03 Å². The lowest BCUT2D eigenvalue weighted by atomic mass is 10.0. The minimum absolute atomic E-state index is 0.0399. The molecule has 0 saturated carbocycles. The van der Waals surface area contributed by atoms with E-state index >= 15 is 0 Å². The molecule has 2 heterocycles. The lowest BCUT2D eigenvalue weighted by molar-refractivity contribution is 0.207. The molecule has 1 fully saturated rings. The van der Waals surface area contributed by atoms with Crippen LogP contribution in [0.3, 0.4) is 0 Å². The molecule has 1 aliphatic rings. The highest BCUT2D eigenvalue weighted by Gasteiger charge is 2.30. The van der Waals surface area contributed by atoms with Crippen LogP contribution in [-0.4, -0.2) is 34.7 Å². The summed E-state index contributed by atoms with van der Waals surface area (Å²) in [4.78, 5) is 19.0. The number of likely N-dealkylation sites (tertiary alicyclic amines) is 1. The summed E-state index contributed by atoms with van der Waals surface area (Å²) in [5, 5.41) is 6.93. The molecule has 1 saturated heterocycles. The van der Waals surface area contributed by atoms with Crippen molar-refractivity contribution >= 4 is 11.7 Å². The molecule has 2 aromatic carbocycles. The summed E-state index contributed by atoms with van der Waals surface area (Å²) in [7, 11) is 1.65. The van der Waals surface area contributed by atoms with Crippen LogP contribution in [0.1, 0.15) is 30.3 Å². The van der Waals surface area contributed by atoms with Crippen molar-refractivity contribution in [3.8, 4) is 17.1 Å². The summed E-state index contributed by atoms with van der Waals surface area (Å²) < 4.78 is 10.4. The van der Waals surface area contributed by atoms with Crippen LogP contribution in [0.5, 0.6) is 5.75 Å². The van der Waals surface area contributed by atoms with Crippen molar-refractivity contribution in [2.75, 3.05) is 19.0 Å². The maximum absolute atomic E-state index is 12.9. The fraction of sp³-hybridized carbons (Fsp3) is 0.286. The number of rotatable bonds is 4. The summed E-state index contributed by atoms with van der Waals surface area (Å²) in [6, 6.07) is 15.3. The molecule has 2 amide bonds. The standard InChI is InChI=1S/C21H22N4O3/c1-14-22-20(24-28-14)16-7-3-8-17(12-16)23-21(26)25-11-5-10-19(25)15-6-4-9-18(13-15)27-2/h3-4,6-9,12-13,19H,5,10-11H2,1-2H3,(H,23,26)/t19-/m1/s1. The van der Waals surface area contributed by atoms with Crippen LogP contribution < -0.4 is 10.1 Å². The Kier molecular flexibility index (Phi) is 4.97. The van der Waals surface area contributed by atoms with Gasteiger partial charge in [0.1, 0.15) is 5.75 Å². The third-order valence-corrected chi connectivity index (χ3v) is 4.89. The Morgan fingerprint density at radius 2 is 2.11 bits per heavy atom. The maximum atomic E-state index is 12.9. The summed E-state index contributed by atoms with van der Waals surface area (Å²) >= 11 is 0. The number of carbonyl (C=O) groups is 1. The second kappa shape index (κ2) is 7.72. The maximum Gasteiger partial charge on any atom is 0.322 e. The van der Waals surface area contributed by atoms with Crippen molar-refractivity contribution in [2.24, 2.45) is 0 Å². The van der Waals surface area contributed by atoms with Gasteiger partial charge in [0.2, 0.25) is 11.7 Å². The van der Waals surface area contributed by atoms with E-state index in [1.165, 1.54) is 0 Å². The Balaban J connectivity index is 1.51. The molecular formula is C21H22N4O3. The molecule has 7 heteroatoms. The molecular weight excluding hydrogens is 356 g/mol. The van der Waals surface area contributed by atoms with Gasteiger partial charge < -0.3 is 19.5 Å². The predicted octanol–water partition coefficient (Wildman–Crippen LogP) is 4.42. The van der Waals surface area contributed by atoms with Gasteiger partial charge in [0, 0.05) is 24.7 Å². The number of hydrogen-bond acceptors (Lipinski definition) is 5. The van der Waals surface area contributed by atoms with E-state index in [9.17, 15) is 4.79 Å². The van der Waals surface area contributed by atoms with Gasteiger partial charge in [-0.05, 0) is 42.7 Å². The first kappa shape index (κ1) is 18.0. The van der Waals surface area contributed by atoms with Gasteiger partial charge in [-0.25, -0.2) is 4.79 Å². The van der Waals surface area contributed by atoms with E-state index < -0.39 is 0 Å². The van der Waals surface area contributed by atoms with Gasteiger partial charge in [0.05, 0.1) is 13.2 Å². The van der Waals surface area contributed by atoms with Crippen LogP contribution in [0.25, 0.3) is 11.4 Å². The monoisotopic (exact) mass is 378 g/mol. The Morgan fingerprint density at radius 1 is 1.25 bits per heavy atom. The molecule has 0 bridgehead atoms. The minimum atomic E-state index is -0.119. The van der Waals surface area contributed by atoms with Crippen LogP contribution in [0.2, 0.25) is 0 Å². The second-order valence-electron chi connectivity index (χ2n) is 6.78. The third-order valence-electron chi connectivity index (χ3n) is 4.89. The van der Waals surface area contributed by atoms with Gasteiger partial charge in [-0.2, -0.15) is 4.98 Å². The van der Waals surface area contributed by atoms with Crippen LogP contribution >= 0.6 is 0 Å². The van der Waals surface area contributed by atoms with Gasteiger partial charge in [-0.15, -0.1) is 0 Å². The number of urea groups is 1. The lowest BCUT2D eigenvalue weighted by Gasteiger charge is -2.25. The molecule has 1 atom stereocenters. The molecule has 0 radical (unpaired) electrons. The molecule has 28 heavy (non-hydrogen) atoms. The average molecular weight is 378 g/mol. The fourth-order valence-electron chi connectivity index (χ4n) is 3.55. The van der Waals surface area contributed by atoms with E-state index in [1.807, 2.05) is 53.4 Å². The van der Waals surface area contributed by atoms with Crippen molar-refractivity contribution < 1.29 is 14.1 Å². The number of methoxy groups -OCH3 is 1. The topological polar surface area (TPSA) is 80.5 Å². The molecule has 1 aliphatic heterocycles. The number of aryl methyl sites for hydroxylation is 1. The molecule has 1 aromatic heterocycles. The zero-order chi connectivity index (χ0) is 19.5. The van der Waals surface area contributed by atoms with Crippen molar-refractivity contribution in [3.05, 3.63) is 60.0 Å². The summed E-state index contributed by atoms with van der Waals surface area (Å²) in [6.45, 7) is 2.46. The smallest absolute Gasteiger partial charge is 0.322 e. The van der Waals surface area contributed by atoms with Gasteiger partial charge in [0.15, 0.2) is 0 Å². The molecule has 144 valence electrons. The first-order valence-electron chi connectivity index (χ1n) is 9.26. The van der Waals surface area contributed by atoms with Gasteiger partial charge in [-0.1, -0.05) is 29.4 Å². The highest BCUT2D eigenvalue weighted by Crippen LogP contribution is 2.34. The van der Waals surface area contributed by atoms with Crippen LogP contribution in [0.4, 0.5) is 10.5 Å². The van der Waals surface area contributed by atoms with Crippen molar-refractivity contribution in [1.82, 2.24) is 15.0 Å². The van der Waals surface area contributed by atoms with Crippen molar-refractivity contribution in [3.63, 3.8) is 0 Å². The quantitative estimate of drug-likeness (QED) is 0.727. The highest BCUT2D eigenvalue weighted by atomic mass is 16.5. The average Bonchev–Trinajstić information content (AvgIpc) is 3.37. The van der Waals surface area contributed by atoms with E-state index in [0.29, 0.717) is 17.4 Å². The Bertz CT molecular complexity index is 985. The summed E-state index contributed by atoms with van der Waals surface area (Å²) in [6.07, 6.45) is 1.90. The summed E-state index contributed by atoms with van der Waals surface area (Å²) in [5.41, 5.74) is 2.57. The SMILES string of the molecule is COc1cccc([C@H]2CCCN2C(=O)Nc2cccc(-c3noc(C)n3)c2)c1. The highest BCUT2D eigenvalue weighted by molar-refractivity contribution is 5.90. The van der Waals surface area contributed by atoms with E-state index in [2.05, 4.69) is 15.5 Å². The number of carbonyl (C=O) groups excluding carboxylic acids is 1. The molecule has 1 N–H and O–H groups in total. The molecule has 0 aliphatic carbocycles. The third kappa shape index (κ3) is 3.69. The number of nitrogens with zero attached hydrogens (tertiary/aromatic N) is 3. The minimum Gasteiger partial charge on any atom is -0.497 e. The number of anilines is 1. The van der Waals surface area contributed by atoms with Gasteiger partial charge in [-0.3, -0.25) is 0 Å². The van der Waals surface area contributed by atoms with Crippen molar-refractivity contribution in [1.29, 1.82) is 0 Å². The van der Waals surface area contributed by atoms with E-state index in [-0.39, 0.29) is 12.1 Å². The lowest BCUT2D eigenvalue weighted by Crippen LogP contribution is -2.34. The number of nitrogens with one attached hydrogen (secondary N) is 1. The number of hydrogen-bond donors (Lipinski definition) is 1. The zero-order valence-corrected chi connectivity index (χ0v) is 15.9. The van der Waals surface area contributed by atoms with Crippen molar-refractivity contribution in [2.45, 2.75) is 25.8 Å². The molecule has 0 spiro atoms. The van der Waals surface area contributed by atoms with Crippen LogP contribution in [0.15, 0.2) is 53.1 Å². The largest absolute Gasteiger partial charge is 0.497 e.